The summed E-state index contributed by atoms with van der Waals surface area (Å²) in [4.78, 5) is 26.8. The molecule has 8 nitrogen and oxygen atoms in total. The van der Waals surface area contributed by atoms with E-state index in [9.17, 15) is 24.1 Å². The van der Waals surface area contributed by atoms with E-state index in [2.05, 4.69) is 20.8 Å². The third-order valence-corrected chi connectivity index (χ3v) is 11.4. The highest BCUT2D eigenvalue weighted by atomic mass is 19.1. The van der Waals surface area contributed by atoms with E-state index in [0.29, 0.717) is 25.0 Å². The van der Waals surface area contributed by atoms with Crippen molar-refractivity contribution in [2.75, 3.05) is 13.2 Å². The van der Waals surface area contributed by atoms with Gasteiger partial charge in [-0.05, 0) is 54.6 Å². The number of rotatable bonds is 5. The zero-order valence-electron chi connectivity index (χ0n) is 23.1. The summed E-state index contributed by atoms with van der Waals surface area (Å²) in [7, 11) is -1.38. The molecule has 1 saturated heterocycles. The number of carbonyl (C=O) groups excluding carboxylic acids is 2. The summed E-state index contributed by atoms with van der Waals surface area (Å²) in [6.07, 6.45) is 1.76. The molecule has 0 aromatic heterocycles. The van der Waals surface area contributed by atoms with Gasteiger partial charge in [0.25, 0.3) is 0 Å². The quantitative estimate of drug-likeness (QED) is 0.330. The molecule has 9 atom stereocenters. The number of aliphatic hydroxyl groups excluding tert-OH is 1. The van der Waals surface area contributed by atoms with Crippen LogP contribution in [0.15, 0.2) is 12.1 Å². The molecule has 3 aliphatic carbocycles. The average molecular weight is 544 g/mol. The first-order valence-corrected chi connectivity index (χ1v) is 14.2. The van der Waals surface area contributed by atoms with Crippen molar-refractivity contribution in [3.05, 3.63) is 23.5 Å². The normalized spacial score (nSPS) is 42.8. The second-order valence-corrected chi connectivity index (χ2v) is 13.1. The summed E-state index contributed by atoms with van der Waals surface area (Å²) in [6, 6.07) is 3.01. The monoisotopic (exact) mass is 544 g/mol. The van der Waals surface area contributed by atoms with Crippen LogP contribution < -0.4 is 10.2 Å². The summed E-state index contributed by atoms with van der Waals surface area (Å²) in [5.41, 5.74) is -1.10. The van der Waals surface area contributed by atoms with Gasteiger partial charge in [0.15, 0.2) is 18.2 Å². The predicted molar refractivity (Wildman–Crippen MR) is 138 cm³/mol. The minimum Gasteiger partial charge on any atom is -0.479 e. The van der Waals surface area contributed by atoms with Crippen molar-refractivity contribution in [1.82, 2.24) is 0 Å². The van der Waals surface area contributed by atoms with Crippen LogP contribution in [-0.4, -0.2) is 60.5 Å². The molecule has 1 aromatic carbocycles. The van der Waals surface area contributed by atoms with Crippen molar-refractivity contribution in [3.63, 3.8) is 0 Å². The minimum atomic E-state index is -1.38. The Morgan fingerprint density at radius 3 is 2.72 bits per heavy atom. The van der Waals surface area contributed by atoms with Crippen molar-refractivity contribution >= 4 is 24.3 Å². The van der Waals surface area contributed by atoms with Crippen molar-refractivity contribution in [3.8, 4) is 5.75 Å². The van der Waals surface area contributed by atoms with E-state index < -0.39 is 48.5 Å². The van der Waals surface area contributed by atoms with Gasteiger partial charge >= 0.3 is 13.1 Å². The van der Waals surface area contributed by atoms with Crippen LogP contribution in [0.25, 0.3) is 0 Å². The van der Waals surface area contributed by atoms with Gasteiger partial charge in [0.05, 0.1) is 25.4 Å². The fourth-order valence-electron chi connectivity index (χ4n) is 8.75. The Morgan fingerprint density at radius 2 is 2.00 bits per heavy atom. The van der Waals surface area contributed by atoms with Crippen molar-refractivity contribution in [2.24, 2.45) is 34.0 Å². The van der Waals surface area contributed by atoms with E-state index >= 15 is 0 Å². The third kappa shape index (κ3) is 3.92. The third-order valence-electron chi connectivity index (χ3n) is 11.4. The molecule has 3 saturated carbocycles. The zero-order valence-corrected chi connectivity index (χ0v) is 23.1. The van der Waals surface area contributed by atoms with Gasteiger partial charge in [-0.1, -0.05) is 33.8 Å². The first kappa shape index (κ1) is 27.2. The minimum absolute atomic E-state index is 0.0174. The molecule has 0 unspecified atom stereocenters. The summed E-state index contributed by atoms with van der Waals surface area (Å²) in [5.74, 6) is -1.73. The van der Waals surface area contributed by atoms with E-state index in [1.54, 1.807) is 6.07 Å². The number of epoxide rings is 1. The molecule has 4 fully saturated rings. The van der Waals surface area contributed by atoms with Crippen LogP contribution in [0.5, 0.6) is 5.75 Å². The molecule has 2 bridgehead atoms. The molecule has 212 valence electrons. The molecular weight excluding hydrogens is 506 g/mol. The molecule has 6 rings (SSSR count). The number of halogens is 1. The molecular formula is C29H38BFO8. The first-order chi connectivity index (χ1) is 18.4. The predicted octanol–water partition coefficient (Wildman–Crippen LogP) is 2.54. The van der Waals surface area contributed by atoms with Crippen LogP contribution in [0.3, 0.4) is 0 Å². The van der Waals surface area contributed by atoms with E-state index in [1.165, 1.54) is 6.07 Å². The van der Waals surface area contributed by atoms with Crippen LogP contribution >= 0.6 is 0 Å². The van der Waals surface area contributed by atoms with Gasteiger partial charge in [-0.25, -0.2) is 9.18 Å². The van der Waals surface area contributed by atoms with Gasteiger partial charge in [0.1, 0.15) is 11.9 Å². The van der Waals surface area contributed by atoms with E-state index in [-0.39, 0.29) is 52.9 Å². The number of esters is 1. The van der Waals surface area contributed by atoms with Crippen LogP contribution in [0.4, 0.5) is 4.39 Å². The lowest BCUT2D eigenvalue weighted by Crippen LogP contribution is -2.64. The molecule has 5 aliphatic rings. The molecule has 2 aliphatic heterocycles. The summed E-state index contributed by atoms with van der Waals surface area (Å²) >= 11 is 0. The molecule has 2 heterocycles. The fraction of sp³-hybridized carbons (Fsp3) is 0.724. The molecule has 10 heteroatoms. The maximum absolute atomic E-state index is 15.0. The Bertz CT molecular complexity index is 1190. The highest BCUT2D eigenvalue weighted by Gasteiger charge is 2.70. The van der Waals surface area contributed by atoms with Gasteiger partial charge in [0, 0.05) is 28.6 Å². The highest BCUT2D eigenvalue weighted by molar-refractivity contribution is 6.61. The van der Waals surface area contributed by atoms with E-state index in [0.717, 1.165) is 19.3 Å². The number of fused-ring (bicyclic) bond motifs is 1. The van der Waals surface area contributed by atoms with Gasteiger partial charge in [-0.3, -0.25) is 4.79 Å². The van der Waals surface area contributed by atoms with E-state index in [4.69, 9.17) is 18.9 Å². The lowest BCUT2D eigenvalue weighted by Gasteiger charge is -2.62. The maximum Gasteiger partial charge on any atom is 0.494 e. The number of hydrogen-bond acceptors (Lipinski definition) is 8. The van der Waals surface area contributed by atoms with Crippen molar-refractivity contribution < 1.29 is 43.0 Å². The highest BCUT2D eigenvalue weighted by Crippen LogP contribution is 2.68. The van der Waals surface area contributed by atoms with Crippen LogP contribution in [-0.2, 0) is 30.3 Å². The zero-order chi connectivity index (χ0) is 27.9. The summed E-state index contributed by atoms with van der Waals surface area (Å²) in [5, 5.41) is 21.7. The lowest BCUT2D eigenvalue weighted by molar-refractivity contribution is -0.214. The molecule has 2 N–H and O–H groups in total. The van der Waals surface area contributed by atoms with Crippen LogP contribution in [0, 0.1) is 39.8 Å². The van der Waals surface area contributed by atoms with Gasteiger partial charge in [-0.15, -0.1) is 0 Å². The molecule has 0 amide bonds. The average Bonchev–Trinajstić information content (AvgIpc) is 3.62. The van der Waals surface area contributed by atoms with Gasteiger partial charge in [0.2, 0.25) is 0 Å². The SMILES string of the molecule is C[C@@H]1CC[C@@]23CCC(=O)[C@H]2[C@]1(C)[C@H](OC(=O)COc1ccc2c(c1F)B(O)OC2)C[C@@](C)([C@H]1CO1)[C@@H](O)[C@@H]3C. The molecule has 39 heavy (non-hydrogen) atoms. The lowest BCUT2D eigenvalue weighted by atomic mass is 9.43. The topological polar surface area (TPSA) is 115 Å². The molecule has 0 spiro atoms. The standard InChI is InChI=1S/C29H38BFO8/c1-15-7-9-29-10-8-18(32)25(29)28(15,4)20(11-27(3,21-13-37-21)26(34)16(29)2)39-22(33)14-36-19-6-5-17-12-38-30(35)23(17)24(19)31/h5-6,15-16,20-21,25-26,34-35H,7-14H2,1-4H3/t15-,16+,20-,21-,25+,26+,27+,28+,29+/m1/s1. The Labute approximate surface area is 228 Å². The molecule has 0 radical (unpaired) electrons. The van der Waals surface area contributed by atoms with Crippen LogP contribution in [0.1, 0.15) is 65.4 Å². The Hall–Kier alpha value is -2.01. The maximum atomic E-state index is 15.0. The van der Waals surface area contributed by atoms with E-state index in [1.807, 2.05) is 6.92 Å². The second kappa shape index (κ2) is 9.26. The van der Waals surface area contributed by atoms with Gasteiger partial charge in [-0.2, -0.15) is 0 Å². The number of aliphatic hydroxyl groups is 1. The number of ether oxygens (including phenoxy) is 3. The number of carbonyl (C=O) groups is 2. The Kier molecular flexibility index (Phi) is 6.45. The number of hydrogen-bond donors (Lipinski definition) is 2. The Balaban J connectivity index is 1.30. The largest absolute Gasteiger partial charge is 0.494 e. The fourth-order valence-corrected chi connectivity index (χ4v) is 8.75. The summed E-state index contributed by atoms with van der Waals surface area (Å²) < 4.78 is 37.5. The number of benzene rings is 1. The smallest absolute Gasteiger partial charge is 0.479 e. The number of ketones is 1. The Morgan fingerprint density at radius 1 is 1.26 bits per heavy atom. The summed E-state index contributed by atoms with van der Waals surface area (Å²) in [6.45, 7) is 8.41. The van der Waals surface area contributed by atoms with Crippen molar-refractivity contribution in [2.45, 2.75) is 84.7 Å². The first-order valence-electron chi connectivity index (χ1n) is 14.2. The number of Topliss-reactive ketones (excluding diaryl/α,β-unsaturated/α-hetero) is 1. The van der Waals surface area contributed by atoms with Crippen LogP contribution in [0.2, 0.25) is 0 Å². The van der Waals surface area contributed by atoms with Crippen molar-refractivity contribution in [1.29, 1.82) is 0 Å². The second-order valence-electron chi connectivity index (χ2n) is 13.1. The molecule has 1 aromatic rings. The van der Waals surface area contributed by atoms with Gasteiger partial charge < -0.3 is 29.0 Å².